The smallest absolute Gasteiger partial charge is 0.247 e. The van der Waals surface area contributed by atoms with Crippen molar-refractivity contribution >= 4 is 11.9 Å². The molecule has 3 N–H and O–H groups in total. The molecule has 0 aromatic heterocycles. The molecule has 1 saturated carbocycles. The highest BCUT2D eigenvalue weighted by atomic mass is 16.2. The Morgan fingerprint density at radius 2 is 2.29 bits per heavy atom. The molecule has 5 nitrogen and oxygen atoms in total. The molecule has 1 aliphatic carbocycles. The minimum atomic E-state index is -0.258. The Balaban J connectivity index is 1.91. The maximum Gasteiger partial charge on any atom is 0.247 e. The van der Waals surface area contributed by atoms with Gasteiger partial charge in [0.1, 0.15) is 6.04 Å². The second-order valence-electron chi connectivity index (χ2n) is 4.00. The highest BCUT2D eigenvalue weighted by Crippen LogP contribution is 2.18. The fourth-order valence-electron chi connectivity index (χ4n) is 1.57. The molecule has 0 bridgehead atoms. The Labute approximate surface area is 83.4 Å². The fourth-order valence-corrected chi connectivity index (χ4v) is 1.57. The molecule has 0 aromatic rings. The SMILES string of the molecule is CN1CCC(N=C(N)NC2CC2)C1=O. The Hall–Kier alpha value is -1.26. The molecule has 1 aliphatic heterocycles. The van der Waals surface area contributed by atoms with E-state index in [1.807, 2.05) is 0 Å². The zero-order valence-electron chi connectivity index (χ0n) is 8.36. The van der Waals surface area contributed by atoms with Crippen molar-refractivity contribution < 1.29 is 4.79 Å². The van der Waals surface area contributed by atoms with Crippen LogP contribution in [-0.4, -0.2) is 42.4 Å². The number of nitrogens with two attached hydrogens (primary N) is 1. The average molecular weight is 196 g/mol. The third-order valence-electron chi connectivity index (χ3n) is 2.62. The molecule has 14 heavy (non-hydrogen) atoms. The molecule has 2 aliphatic rings. The molecule has 0 spiro atoms. The Kier molecular flexibility index (Phi) is 2.31. The highest BCUT2D eigenvalue weighted by molar-refractivity contribution is 5.88. The van der Waals surface area contributed by atoms with Crippen LogP contribution in [0, 0.1) is 0 Å². The van der Waals surface area contributed by atoms with Crippen molar-refractivity contribution in [1.29, 1.82) is 0 Å². The van der Waals surface area contributed by atoms with E-state index in [1.165, 1.54) is 0 Å². The minimum absolute atomic E-state index is 0.0746. The molecule has 1 amide bonds. The third-order valence-corrected chi connectivity index (χ3v) is 2.62. The van der Waals surface area contributed by atoms with E-state index in [0.717, 1.165) is 25.8 Å². The summed E-state index contributed by atoms with van der Waals surface area (Å²) in [6, 6.07) is 0.235. The number of carbonyl (C=O) groups excluding carboxylic acids is 1. The van der Waals surface area contributed by atoms with Crippen LogP contribution in [0.4, 0.5) is 0 Å². The molecule has 0 aromatic carbocycles. The number of hydrogen-bond donors (Lipinski definition) is 2. The first-order chi connectivity index (χ1) is 6.66. The van der Waals surface area contributed by atoms with E-state index in [9.17, 15) is 4.79 Å². The average Bonchev–Trinajstić information content (AvgIpc) is 2.89. The van der Waals surface area contributed by atoms with Gasteiger partial charge in [-0.05, 0) is 19.3 Å². The van der Waals surface area contributed by atoms with E-state index in [-0.39, 0.29) is 11.9 Å². The second-order valence-corrected chi connectivity index (χ2v) is 4.00. The van der Waals surface area contributed by atoms with Crippen molar-refractivity contribution in [2.45, 2.75) is 31.3 Å². The molecule has 78 valence electrons. The summed E-state index contributed by atoms with van der Waals surface area (Å²) >= 11 is 0. The zero-order chi connectivity index (χ0) is 10.1. The molecule has 1 heterocycles. The normalized spacial score (nSPS) is 28.4. The maximum atomic E-state index is 11.5. The summed E-state index contributed by atoms with van der Waals surface area (Å²) in [4.78, 5) is 17.4. The van der Waals surface area contributed by atoms with Gasteiger partial charge in [-0.25, -0.2) is 4.99 Å². The van der Waals surface area contributed by atoms with Crippen molar-refractivity contribution in [3.8, 4) is 0 Å². The largest absolute Gasteiger partial charge is 0.370 e. The number of guanidine groups is 1. The van der Waals surface area contributed by atoms with Crippen LogP contribution in [0.2, 0.25) is 0 Å². The van der Waals surface area contributed by atoms with Crippen molar-refractivity contribution in [2.75, 3.05) is 13.6 Å². The topological polar surface area (TPSA) is 70.7 Å². The lowest BCUT2D eigenvalue weighted by atomic mass is 10.3. The van der Waals surface area contributed by atoms with Crippen LogP contribution in [0.25, 0.3) is 0 Å². The summed E-state index contributed by atoms with van der Waals surface area (Å²) in [6.45, 7) is 0.781. The summed E-state index contributed by atoms with van der Waals surface area (Å²) in [7, 11) is 1.79. The van der Waals surface area contributed by atoms with Gasteiger partial charge in [0.05, 0.1) is 0 Å². The summed E-state index contributed by atoms with van der Waals surface area (Å²) in [5.74, 6) is 0.492. The van der Waals surface area contributed by atoms with Gasteiger partial charge >= 0.3 is 0 Å². The first-order valence-electron chi connectivity index (χ1n) is 5.01. The van der Waals surface area contributed by atoms with Crippen LogP contribution in [0.5, 0.6) is 0 Å². The van der Waals surface area contributed by atoms with Crippen molar-refractivity contribution in [1.82, 2.24) is 10.2 Å². The van der Waals surface area contributed by atoms with Crippen LogP contribution in [0.3, 0.4) is 0 Å². The molecule has 0 radical (unpaired) electrons. The van der Waals surface area contributed by atoms with E-state index < -0.39 is 0 Å². The lowest BCUT2D eigenvalue weighted by molar-refractivity contribution is -0.127. The number of likely N-dealkylation sites (N-methyl/N-ethyl adjacent to an activating group) is 1. The standard InChI is InChI=1S/C9H16N4O/c1-13-5-4-7(8(13)14)12-9(10)11-6-2-3-6/h6-7H,2-5H2,1H3,(H3,10,11,12). The first-order valence-corrected chi connectivity index (χ1v) is 5.01. The number of nitrogens with zero attached hydrogens (tertiary/aromatic N) is 2. The Morgan fingerprint density at radius 3 is 2.79 bits per heavy atom. The molecular weight excluding hydrogens is 180 g/mol. The van der Waals surface area contributed by atoms with Gasteiger partial charge in [-0.15, -0.1) is 0 Å². The molecule has 1 saturated heterocycles. The number of hydrogen-bond acceptors (Lipinski definition) is 2. The second kappa shape index (κ2) is 3.48. The van der Waals surface area contributed by atoms with E-state index >= 15 is 0 Å². The number of carbonyl (C=O) groups is 1. The van der Waals surface area contributed by atoms with Crippen LogP contribution in [0.15, 0.2) is 4.99 Å². The lowest BCUT2D eigenvalue weighted by Gasteiger charge is -2.08. The predicted molar refractivity (Wildman–Crippen MR) is 53.8 cm³/mol. The summed E-state index contributed by atoms with van der Waals surface area (Å²) in [6.07, 6.45) is 3.10. The number of rotatable bonds is 2. The van der Waals surface area contributed by atoms with Crippen LogP contribution in [0.1, 0.15) is 19.3 Å². The van der Waals surface area contributed by atoms with Gasteiger partial charge in [0.2, 0.25) is 5.91 Å². The highest BCUT2D eigenvalue weighted by Gasteiger charge is 2.29. The van der Waals surface area contributed by atoms with Crippen molar-refractivity contribution in [3.05, 3.63) is 0 Å². The molecular formula is C9H16N4O. The predicted octanol–water partition coefficient (Wildman–Crippen LogP) is -0.716. The van der Waals surface area contributed by atoms with E-state index in [4.69, 9.17) is 5.73 Å². The van der Waals surface area contributed by atoms with Gasteiger partial charge in [-0.3, -0.25) is 4.79 Å². The molecule has 1 atom stereocenters. The van der Waals surface area contributed by atoms with Crippen LogP contribution in [-0.2, 0) is 4.79 Å². The third kappa shape index (κ3) is 1.97. The molecule has 1 unspecified atom stereocenters. The van der Waals surface area contributed by atoms with E-state index in [0.29, 0.717) is 12.0 Å². The molecule has 2 rings (SSSR count). The number of likely N-dealkylation sites (tertiary alicyclic amines) is 1. The van der Waals surface area contributed by atoms with Gasteiger partial charge in [0.25, 0.3) is 0 Å². The monoisotopic (exact) mass is 196 g/mol. The summed E-state index contributed by atoms with van der Waals surface area (Å²) < 4.78 is 0. The van der Waals surface area contributed by atoms with Crippen molar-refractivity contribution in [3.63, 3.8) is 0 Å². The minimum Gasteiger partial charge on any atom is -0.370 e. The summed E-state index contributed by atoms with van der Waals surface area (Å²) in [5.41, 5.74) is 5.67. The molecule has 5 heteroatoms. The van der Waals surface area contributed by atoms with Gasteiger partial charge in [0, 0.05) is 19.6 Å². The lowest BCUT2D eigenvalue weighted by Crippen LogP contribution is -2.36. The Bertz CT molecular complexity index is 272. The Morgan fingerprint density at radius 1 is 1.57 bits per heavy atom. The van der Waals surface area contributed by atoms with Gasteiger partial charge in [-0.2, -0.15) is 0 Å². The van der Waals surface area contributed by atoms with Gasteiger partial charge < -0.3 is 16.0 Å². The molecule has 2 fully saturated rings. The van der Waals surface area contributed by atoms with E-state index in [1.54, 1.807) is 11.9 Å². The number of nitrogens with one attached hydrogen (secondary N) is 1. The summed E-state index contributed by atoms with van der Waals surface area (Å²) in [5, 5.41) is 3.07. The fraction of sp³-hybridized carbons (Fsp3) is 0.778. The van der Waals surface area contributed by atoms with Crippen LogP contribution < -0.4 is 11.1 Å². The maximum absolute atomic E-state index is 11.5. The number of amides is 1. The van der Waals surface area contributed by atoms with Gasteiger partial charge in [-0.1, -0.05) is 0 Å². The quantitative estimate of drug-likeness (QED) is 0.452. The zero-order valence-corrected chi connectivity index (χ0v) is 8.36. The van der Waals surface area contributed by atoms with Crippen molar-refractivity contribution in [2.24, 2.45) is 10.7 Å². The number of aliphatic imine (C=N–C) groups is 1. The first kappa shape index (κ1) is 9.30. The van der Waals surface area contributed by atoms with Crippen LogP contribution >= 0.6 is 0 Å². The van der Waals surface area contributed by atoms with E-state index in [2.05, 4.69) is 10.3 Å². The van der Waals surface area contributed by atoms with Gasteiger partial charge in [0.15, 0.2) is 5.96 Å².